The van der Waals surface area contributed by atoms with Crippen molar-refractivity contribution >= 4 is 23.1 Å². The predicted octanol–water partition coefficient (Wildman–Crippen LogP) is 0.543. The second-order valence-corrected chi connectivity index (χ2v) is 3.98. The van der Waals surface area contributed by atoms with Crippen LogP contribution in [0.1, 0.15) is 11.3 Å². The summed E-state index contributed by atoms with van der Waals surface area (Å²) in [6.45, 7) is 0.389. The van der Waals surface area contributed by atoms with Gasteiger partial charge in [0.2, 0.25) is 5.91 Å². The first-order valence-electron chi connectivity index (χ1n) is 4.48. The van der Waals surface area contributed by atoms with Crippen LogP contribution >= 0.6 is 11.3 Å². The summed E-state index contributed by atoms with van der Waals surface area (Å²) < 4.78 is 0. The van der Waals surface area contributed by atoms with Gasteiger partial charge in [-0.15, -0.1) is 11.3 Å². The van der Waals surface area contributed by atoms with Crippen molar-refractivity contribution in [1.29, 1.82) is 0 Å². The van der Waals surface area contributed by atoms with E-state index >= 15 is 0 Å². The normalized spacial score (nSPS) is 11.3. The first-order chi connectivity index (χ1) is 7.22. The topological polar surface area (TPSA) is 87.7 Å². The highest BCUT2D eigenvalue weighted by molar-refractivity contribution is 7.10. The second kappa shape index (κ2) is 6.02. The molecule has 0 aliphatic heterocycles. The average Bonchev–Trinajstić information content (AvgIpc) is 2.70. The Morgan fingerprint density at radius 2 is 2.47 bits per heavy atom. The number of nitrogens with zero attached hydrogens (tertiary/aromatic N) is 1. The van der Waals surface area contributed by atoms with Crippen molar-refractivity contribution in [2.75, 3.05) is 6.54 Å². The summed E-state index contributed by atoms with van der Waals surface area (Å²) in [5.41, 5.74) is 5.25. The lowest BCUT2D eigenvalue weighted by Crippen LogP contribution is -2.28. The highest BCUT2D eigenvalue weighted by atomic mass is 32.1. The summed E-state index contributed by atoms with van der Waals surface area (Å²) in [6.07, 6.45) is 0.737. The number of nitrogens with one attached hydrogen (secondary N) is 1. The number of amides is 1. The van der Waals surface area contributed by atoms with Crippen molar-refractivity contribution in [2.24, 2.45) is 10.9 Å². The van der Waals surface area contributed by atoms with Gasteiger partial charge >= 0.3 is 0 Å². The van der Waals surface area contributed by atoms with Crippen molar-refractivity contribution in [3.05, 3.63) is 22.4 Å². The molecule has 4 N–H and O–H groups in total. The maximum absolute atomic E-state index is 11.3. The molecule has 5 nitrogen and oxygen atoms in total. The number of hydrogen-bond donors (Lipinski definition) is 3. The van der Waals surface area contributed by atoms with Gasteiger partial charge in [-0.2, -0.15) is 0 Å². The van der Waals surface area contributed by atoms with Gasteiger partial charge in [0.05, 0.1) is 6.42 Å². The third-order valence-corrected chi connectivity index (χ3v) is 2.62. The first-order valence-corrected chi connectivity index (χ1v) is 5.36. The summed E-state index contributed by atoms with van der Waals surface area (Å²) in [5.74, 6) is 0.0645. The Labute approximate surface area is 91.6 Å². The highest BCUT2D eigenvalue weighted by Crippen LogP contribution is 2.08. The number of amidine groups is 1. The Hall–Kier alpha value is -1.56. The van der Waals surface area contributed by atoms with Gasteiger partial charge in [-0.3, -0.25) is 4.79 Å². The molecule has 0 atom stereocenters. The largest absolute Gasteiger partial charge is 0.409 e. The van der Waals surface area contributed by atoms with Crippen LogP contribution in [0.25, 0.3) is 0 Å². The van der Waals surface area contributed by atoms with Crippen LogP contribution < -0.4 is 11.1 Å². The fourth-order valence-corrected chi connectivity index (χ4v) is 1.72. The van der Waals surface area contributed by atoms with Gasteiger partial charge in [0.15, 0.2) is 0 Å². The summed E-state index contributed by atoms with van der Waals surface area (Å²) in [4.78, 5) is 12.4. The maximum Gasteiger partial charge on any atom is 0.225 e. The molecule has 1 aromatic heterocycles. The molecule has 1 aromatic rings. The van der Waals surface area contributed by atoms with Crippen molar-refractivity contribution in [1.82, 2.24) is 5.32 Å². The quantitative estimate of drug-likeness (QED) is 0.297. The minimum absolute atomic E-state index is 0.0526. The van der Waals surface area contributed by atoms with Crippen LogP contribution in [-0.4, -0.2) is 23.5 Å². The standard InChI is InChI=1S/C9H13N3O2S/c10-8(12-14)3-4-11-9(13)6-7-2-1-5-15-7/h1-2,5,14H,3-4,6H2,(H2,10,12)(H,11,13). The van der Waals surface area contributed by atoms with Crippen LogP contribution in [0, 0.1) is 0 Å². The van der Waals surface area contributed by atoms with E-state index in [1.165, 1.54) is 0 Å². The molecule has 15 heavy (non-hydrogen) atoms. The molecular formula is C9H13N3O2S. The van der Waals surface area contributed by atoms with Crippen LogP contribution in [0.15, 0.2) is 22.7 Å². The van der Waals surface area contributed by atoms with Gasteiger partial charge in [-0.1, -0.05) is 11.2 Å². The van der Waals surface area contributed by atoms with Gasteiger partial charge in [-0.05, 0) is 11.4 Å². The van der Waals surface area contributed by atoms with Crippen LogP contribution in [0.4, 0.5) is 0 Å². The maximum atomic E-state index is 11.3. The van der Waals surface area contributed by atoms with Gasteiger partial charge in [0.1, 0.15) is 5.84 Å². The number of carbonyl (C=O) groups is 1. The molecule has 0 fully saturated rings. The van der Waals surface area contributed by atoms with Gasteiger partial charge in [-0.25, -0.2) is 0 Å². The van der Waals surface area contributed by atoms with E-state index in [-0.39, 0.29) is 11.7 Å². The Bertz CT molecular complexity index is 335. The highest BCUT2D eigenvalue weighted by Gasteiger charge is 2.03. The number of oxime groups is 1. The zero-order valence-electron chi connectivity index (χ0n) is 8.14. The molecule has 0 bridgehead atoms. The van der Waals surface area contributed by atoms with E-state index in [0.717, 1.165) is 4.88 Å². The fraction of sp³-hybridized carbons (Fsp3) is 0.333. The van der Waals surface area contributed by atoms with Crippen LogP contribution in [0.3, 0.4) is 0 Å². The van der Waals surface area contributed by atoms with E-state index in [1.807, 2.05) is 17.5 Å². The molecule has 1 heterocycles. The molecule has 0 aromatic carbocycles. The summed E-state index contributed by atoms with van der Waals surface area (Å²) in [6, 6.07) is 3.82. The van der Waals surface area contributed by atoms with Gasteiger partial charge in [0, 0.05) is 17.8 Å². The molecule has 6 heteroatoms. The Balaban J connectivity index is 2.20. The molecule has 1 amide bonds. The number of rotatable bonds is 5. The zero-order valence-corrected chi connectivity index (χ0v) is 8.96. The van der Waals surface area contributed by atoms with Crippen molar-refractivity contribution < 1.29 is 10.0 Å². The second-order valence-electron chi connectivity index (χ2n) is 2.95. The smallest absolute Gasteiger partial charge is 0.225 e. The lowest BCUT2D eigenvalue weighted by atomic mass is 10.3. The number of carbonyl (C=O) groups excluding carboxylic acids is 1. The van der Waals surface area contributed by atoms with E-state index in [4.69, 9.17) is 10.9 Å². The third kappa shape index (κ3) is 4.46. The minimum atomic E-state index is -0.0526. The van der Waals surface area contributed by atoms with Gasteiger partial charge in [0.25, 0.3) is 0 Å². The minimum Gasteiger partial charge on any atom is -0.409 e. The SMILES string of the molecule is NC(CCNC(=O)Cc1cccs1)=NO. The van der Waals surface area contributed by atoms with Crippen molar-refractivity contribution in [2.45, 2.75) is 12.8 Å². The number of thiophene rings is 1. The molecule has 1 rings (SSSR count). The van der Waals surface area contributed by atoms with Crippen LogP contribution in [-0.2, 0) is 11.2 Å². The molecular weight excluding hydrogens is 214 g/mol. The molecule has 0 saturated carbocycles. The van der Waals surface area contributed by atoms with E-state index in [1.54, 1.807) is 11.3 Å². The third-order valence-electron chi connectivity index (χ3n) is 1.75. The lowest BCUT2D eigenvalue weighted by molar-refractivity contribution is -0.120. The Morgan fingerprint density at radius 1 is 1.67 bits per heavy atom. The molecule has 0 saturated heterocycles. The summed E-state index contributed by atoms with van der Waals surface area (Å²) in [7, 11) is 0. The van der Waals surface area contributed by atoms with Crippen molar-refractivity contribution in [3.8, 4) is 0 Å². The monoisotopic (exact) mass is 227 g/mol. The van der Waals surface area contributed by atoms with E-state index in [0.29, 0.717) is 19.4 Å². The number of nitrogens with two attached hydrogens (primary N) is 1. The summed E-state index contributed by atoms with van der Waals surface area (Å²) >= 11 is 1.55. The lowest BCUT2D eigenvalue weighted by Gasteiger charge is -2.02. The Kier molecular flexibility index (Phi) is 4.62. The van der Waals surface area contributed by atoms with Gasteiger partial charge < -0.3 is 16.3 Å². The zero-order chi connectivity index (χ0) is 11.1. The van der Waals surface area contributed by atoms with Crippen LogP contribution in [0.5, 0.6) is 0 Å². The average molecular weight is 227 g/mol. The predicted molar refractivity (Wildman–Crippen MR) is 59.1 cm³/mol. The Morgan fingerprint density at radius 3 is 3.07 bits per heavy atom. The number of hydrogen-bond acceptors (Lipinski definition) is 4. The fourth-order valence-electron chi connectivity index (χ4n) is 1.01. The van der Waals surface area contributed by atoms with E-state index in [9.17, 15) is 4.79 Å². The van der Waals surface area contributed by atoms with Crippen molar-refractivity contribution in [3.63, 3.8) is 0 Å². The molecule has 0 radical (unpaired) electrons. The first kappa shape index (κ1) is 11.5. The van der Waals surface area contributed by atoms with E-state index < -0.39 is 0 Å². The molecule has 82 valence electrons. The van der Waals surface area contributed by atoms with E-state index in [2.05, 4.69) is 10.5 Å². The molecule has 0 aliphatic rings. The summed E-state index contributed by atoms with van der Waals surface area (Å²) in [5, 5.41) is 15.7. The molecule has 0 spiro atoms. The molecule has 0 aliphatic carbocycles. The van der Waals surface area contributed by atoms with Crippen LogP contribution in [0.2, 0.25) is 0 Å². The molecule has 0 unspecified atom stereocenters.